The van der Waals surface area contributed by atoms with E-state index >= 15 is 0 Å². The Labute approximate surface area is 123 Å². The van der Waals surface area contributed by atoms with Crippen LogP contribution in [0.3, 0.4) is 0 Å². The van der Waals surface area contributed by atoms with Crippen molar-refractivity contribution in [3.05, 3.63) is 46.1 Å². The maximum absolute atomic E-state index is 13.4. The summed E-state index contributed by atoms with van der Waals surface area (Å²) in [6, 6.07) is 2.99. The highest BCUT2D eigenvalue weighted by Gasteiger charge is 2.10. The fraction of sp³-hybridized carbons (Fsp3) is 0.154. The summed E-state index contributed by atoms with van der Waals surface area (Å²) < 4.78 is 18.3. The number of hydrogen-bond acceptors (Lipinski definition) is 5. The Morgan fingerprint density at radius 2 is 2.15 bits per heavy atom. The van der Waals surface area contributed by atoms with Crippen LogP contribution in [0.25, 0.3) is 0 Å². The number of nitrogens with one attached hydrogen (secondary N) is 1. The number of benzene rings is 1. The van der Waals surface area contributed by atoms with E-state index in [9.17, 15) is 9.18 Å². The molecule has 2 aromatic rings. The van der Waals surface area contributed by atoms with Gasteiger partial charge < -0.3 is 10.1 Å². The van der Waals surface area contributed by atoms with Crippen LogP contribution in [-0.4, -0.2) is 23.0 Å². The number of methoxy groups -OCH3 is 1. The topological polar surface area (TPSA) is 64.1 Å². The van der Waals surface area contributed by atoms with Gasteiger partial charge in [-0.05, 0) is 40.5 Å². The van der Waals surface area contributed by atoms with Crippen molar-refractivity contribution in [3.63, 3.8) is 0 Å². The number of carbonyl (C=O) groups excluding carboxylic acids is 1. The van der Waals surface area contributed by atoms with Crippen LogP contribution in [0.1, 0.15) is 16.1 Å². The van der Waals surface area contributed by atoms with E-state index in [0.29, 0.717) is 21.5 Å². The molecule has 0 bridgehead atoms. The Morgan fingerprint density at radius 3 is 2.85 bits per heavy atom. The number of rotatable bonds is 3. The van der Waals surface area contributed by atoms with E-state index in [1.54, 1.807) is 13.0 Å². The molecule has 1 heterocycles. The molecule has 104 valence electrons. The zero-order valence-corrected chi connectivity index (χ0v) is 12.4. The Morgan fingerprint density at radius 1 is 1.40 bits per heavy atom. The Hall–Kier alpha value is -2.02. The predicted octanol–water partition coefficient (Wildman–Crippen LogP) is 3.22. The van der Waals surface area contributed by atoms with Crippen molar-refractivity contribution in [2.75, 3.05) is 12.4 Å². The molecule has 1 aromatic carbocycles. The quantitative estimate of drug-likeness (QED) is 0.870. The molecular formula is C13H11BrFN3O2. The Balaban J connectivity index is 2.31. The lowest BCUT2D eigenvalue weighted by molar-refractivity contribution is 0.0593. The molecule has 1 N–H and O–H groups in total. The molecular weight excluding hydrogens is 329 g/mol. The Bertz CT molecular complexity index is 664. The maximum atomic E-state index is 13.4. The van der Waals surface area contributed by atoms with Gasteiger partial charge in [0.1, 0.15) is 11.6 Å². The van der Waals surface area contributed by atoms with Gasteiger partial charge in [-0.25, -0.2) is 14.2 Å². The van der Waals surface area contributed by atoms with Crippen molar-refractivity contribution < 1.29 is 13.9 Å². The predicted molar refractivity (Wildman–Crippen MR) is 75.5 cm³/mol. The van der Waals surface area contributed by atoms with Gasteiger partial charge in [-0.15, -0.1) is 0 Å². The summed E-state index contributed by atoms with van der Waals surface area (Å²) in [7, 11) is 1.27. The van der Waals surface area contributed by atoms with Crippen LogP contribution in [0.2, 0.25) is 0 Å². The number of ether oxygens (including phenoxy) is 1. The van der Waals surface area contributed by atoms with Gasteiger partial charge in [-0.3, -0.25) is 4.98 Å². The summed E-state index contributed by atoms with van der Waals surface area (Å²) in [5, 5.41) is 2.98. The molecule has 0 atom stereocenters. The summed E-state index contributed by atoms with van der Waals surface area (Å²) in [5.41, 5.74) is 1.46. The van der Waals surface area contributed by atoms with Crippen LogP contribution < -0.4 is 5.32 Å². The molecule has 2 rings (SSSR count). The van der Waals surface area contributed by atoms with Crippen molar-refractivity contribution >= 4 is 33.4 Å². The van der Waals surface area contributed by atoms with Gasteiger partial charge in [-0.1, -0.05) is 0 Å². The molecule has 20 heavy (non-hydrogen) atoms. The molecule has 0 fully saturated rings. The fourth-order valence-electron chi connectivity index (χ4n) is 1.55. The van der Waals surface area contributed by atoms with E-state index in [-0.39, 0.29) is 11.5 Å². The van der Waals surface area contributed by atoms with Crippen molar-refractivity contribution in [2.24, 2.45) is 0 Å². The van der Waals surface area contributed by atoms with Crippen LogP contribution >= 0.6 is 15.9 Å². The van der Waals surface area contributed by atoms with Crippen molar-refractivity contribution in [1.82, 2.24) is 9.97 Å². The minimum atomic E-state index is -0.571. The lowest BCUT2D eigenvalue weighted by atomic mass is 10.2. The highest BCUT2D eigenvalue weighted by atomic mass is 79.9. The smallest absolute Gasteiger partial charge is 0.358 e. The molecule has 0 unspecified atom stereocenters. The van der Waals surface area contributed by atoms with Crippen LogP contribution in [0.15, 0.2) is 29.0 Å². The number of aromatic nitrogens is 2. The molecule has 0 aliphatic rings. The first-order chi connectivity index (χ1) is 9.51. The van der Waals surface area contributed by atoms with E-state index in [1.807, 2.05) is 0 Å². The van der Waals surface area contributed by atoms with Gasteiger partial charge in [0.15, 0.2) is 5.69 Å². The minimum Gasteiger partial charge on any atom is -0.464 e. The second-order valence-electron chi connectivity index (χ2n) is 3.99. The normalized spacial score (nSPS) is 10.2. The first-order valence-electron chi connectivity index (χ1n) is 5.64. The summed E-state index contributed by atoms with van der Waals surface area (Å²) in [6.07, 6.45) is 2.77. The number of hydrogen-bond donors (Lipinski definition) is 1. The average molecular weight is 340 g/mol. The number of anilines is 2. The fourth-order valence-corrected chi connectivity index (χ4v) is 1.89. The zero-order chi connectivity index (χ0) is 14.7. The monoisotopic (exact) mass is 339 g/mol. The molecule has 7 heteroatoms. The van der Waals surface area contributed by atoms with Crippen molar-refractivity contribution in [2.45, 2.75) is 6.92 Å². The summed E-state index contributed by atoms with van der Waals surface area (Å²) >= 11 is 3.12. The third kappa shape index (κ3) is 3.11. The molecule has 0 amide bonds. The highest BCUT2D eigenvalue weighted by molar-refractivity contribution is 9.10. The highest BCUT2D eigenvalue weighted by Crippen LogP contribution is 2.26. The summed E-state index contributed by atoms with van der Waals surface area (Å²) in [5.74, 6) is -0.546. The van der Waals surface area contributed by atoms with E-state index in [4.69, 9.17) is 0 Å². The van der Waals surface area contributed by atoms with E-state index in [1.165, 1.54) is 25.6 Å². The number of halogens is 2. The van der Waals surface area contributed by atoms with Crippen LogP contribution in [0.4, 0.5) is 15.9 Å². The number of carbonyl (C=O) groups is 1. The lowest BCUT2D eigenvalue weighted by Gasteiger charge is -2.10. The standard InChI is InChI=1S/C13H11BrFN3O2/c1-7-3-9(15)8(14)4-10(7)17-12-6-16-5-11(18-12)13(19)20-2/h3-6H,1-2H3,(H,17,18). The SMILES string of the molecule is COC(=O)c1cncc(Nc2cc(Br)c(F)cc2C)n1. The number of esters is 1. The molecule has 0 saturated carbocycles. The molecule has 0 aliphatic heterocycles. The van der Waals surface area contributed by atoms with E-state index in [0.717, 1.165) is 0 Å². The van der Waals surface area contributed by atoms with Crippen LogP contribution in [-0.2, 0) is 4.74 Å². The second kappa shape index (κ2) is 5.96. The molecule has 5 nitrogen and oxygen atoms in total. The summed E-state index contributed by atoms with van der Waals surface area (Å²) in [6.45, 7) is 1.76. The van der Waals surface area contributed by atoms with E-state index in [2.05, 4.69) is 36.0 Å². The van der Waals surface area contributed by atoms with Gasteiger partial charge in [0.05, 0.1) is 24.0 Å². The lowest BCUT2D eigenvalue weighted by Crippen LogP contribution is -2.07. The molecule has 1 aromatic heterocycles. The van der Waals surface area contributed by atoms with Gasteiger partial charge in [0.25, 0.3) is 0 Å². The molecule has 0 saturated heterocycles. The molecule has 0 radical (unpaired) electrons. The van der Waals surface area contributed by atoms with E-state index < -0.39 is 5.97 Å². The summed E-state index contributed by atoms with van der Waals surface area (Å²) in [4.78, 5) is 19.4. The second-order valence-corrected chi connectivity index (χ2v) is 4.84. The van der Waals surface area contributed by atoms with Crippen molar-refractivity contribution in [3.8, 4) is 0 Å². The third-order valence-electron chi connectivity index (χ3n) is 2.56. The van der Waals surface area contributed by atoms with Crippen LogP contribution in [0, 0.1) is 12.7 Å². The van der Waals surface area contributed by atoms with Gasteiger partial charge in [0, 0.05) is 5.69 Å². The average Bonchev–Trinajstić information content (AvgIpc) is 2.44. The van der Waals surface area contributed by atoms with Crippen LogP contribution in [0.5, 0.6) is 0 Å². The number of aryl methyl sites for hydroxylation is 1. The minimum absolute atomic E-state index is 0.0938. The third-order valence-corrected chi connectivity index (χ3v) is 3.17. The van der Waals surface area contributed by atoms with Gasteiger partial charge in [-0.2, -0.15) is 0 Å². The zero-order valence-electron chi connectivity index (χ0n) is 10.8. The van der Waals surface area contributed by atoms with Crippen molar-refractivity contribution in [1.29, 1.82) is 0 Å². The maximum Gasteiger partial charge on any atom is 0.358 e. The Kier molecular flexibility index (Phi) is 4.29. The number of nitrogens with zero attached hydrogens (tertiary/aromatic N) is 2. The first kappa shape index (κ1) is 14.4. The van der Waals surface area contributed by atoms with Gasteiger partial charge >= 0.3 is 5.97 Å². The molecule has 0 spiro atoms. The molecule has 0 aliphatic carbocycles. The first-order valence-corrected chi connectivity index (χ1v) is 6.43. The van der Waals surface area contributed by atoms with Gasteiger partial charge in [0.2, 0.25) is 0 Å². The largest absolute Gasteiger partial charge is 0.464 e.